The van der Waals surface area contributed by atoms with Crippen LogP contribution >= 0.6 is 23.2 Å². The smallest absolute Gasteiger partial charge is 0.135 e. The third-order valence-corrected chi connectivity index (χ3v) is 4.19. The van der Waals surface area contributed by atoms with E-state index in [0.29, 0.717) is 16.6 Å². The number of benzene rings is 2. The second kappa shape index (κ2) is 7.75. The lowest BCUT2D eigenvalue weighted by molar-refractivity contribution is 0.414. The molecule has 124 valence electrons. The molecule has 2 aromatic carbocycles. The molecule has 24 heavy (non-hydrogen) atoms. The molecule has 1 heterocycles. The number of halogens is 2. The Morgan fingerprint density at radius 3 is 2.46 bits per heavy atom. The van der Waals surface area contributed by atoms with Crippen LogP contribution in [0.15, 0.2) is 59.0 Å². The van der Waals surface area contributed by atoms with Crippen LogP contribution in [0, 0.1) is 0 Å². The summed E-state index contributed by atoms with van der Waals surface area (Å²) in [6.07, 6.45) is 0. The summed E-state index contributed by atoms with van der Waals surface area (Å²) in [4.78, 5) is 0. The molecular formula is C19H17Cl2NO2. The van der Waals surface area contributed by atoms with Gasteiger partial charge in [-0.2, -0.15) is 0 Å². The predicted octanol–water partition coefficient (Wildman–Crippen LogP) is 5.55. The minimum Gasteiger partial charge on any atom is -0.497 e. The Bertz CT molecular complexity index is 812. The van der Waals surface area contributed by atoms with Crippen molar-refractivity contribution in [1.82, 2.24) is 5.32 Å². The Balaban J connectivity index is 1.59. The summed E-state index contributed by atoms with van der Waals surface area (Å²) in [5, 5.41) is 4.54. The molecule has 3 rings (SSSR count). The average Bonchev–Trinajstić information content (AvgIpc) is 3.04. The summed E-state index contributed by atoms with van der Waals surface area (Å²) in [6.45, 7) is 1.39. The van der Waals surface area contributed by atoms with Crippen LogP contribution in [-0.2, 0) is 13.1 Å². The SMILES string of the molecule is COc1ccc(CNCc2ccc(-c3ccc(Cl)cc3Cl)o2)cc1. The molecular weight excluding hydrogens is 345 g/mol. The van der Waals surface area contributed by atoms with E-state index in [1.165, 1.54) is 5.56 Å². The quantitative estimate of drug-likeness (QED) is 0.624. The molecule has 3 nitrogen and oxygen atoms in total. The fourth-order valence-electron chi connectivity index (χ4n) is 2.38. The highest BCUT2D eigenvalue weighted by Crippen LogP contribution is 2.31. The molecule has 3 aromatic rings. The van der Waals surface area contributed by atoms with Gasteiger partial charge in [-0.25, -0.2) is 0 Å². The van der Waals surface area contributed by atoms with Crippen molar-refractivity contribution in [2.24, 2.45) is 0 Å². The highest BCUT2D eigenvalue weighted by atomic mass is 35.5. The van der Waals surface area contributed by atoms with Crippen molar-refractivity contribution in [1.29, 1.82) is 0 Å². The van der Waals surface area contributed by atoms with Gasteiger partial charge in [0.05, 0.1) is 18.7 Å². The fraction of sp³-hybridized carbons (Fsp3) is 0.158. The van der Waals surface area contributed by atoms with Crippen molar-refractivity contribution < 1.29 is 9.15 Å². The van der Waals surface area contributed by atoms with E-state index >= 15 is 0 Å². The maximum absolute atomic E-state index is 6.21. The maximum atomic E-state index is 6.21. The lowest BCUT2D eigenvalue weighted by atomic mass is 10.2. The molecule has 0 aliphatic carbocycles. The van der Waals surface area contributed by atoms with Crippen LogP contribution in [0.2, 0.25) is 10.0 Å². The van der Waals surface area contributed by atoms with Crippen LogP contribution in [0.25, 0.3) is 11.3 Å². The van der Waals surface area contributed by atoms with Crippen molar-refractivity contribution in [3.8, 4) is 17.1 Å². The molecule has 5 heteroatoms. The van der Waals surface area contributed by atoms with Gasteiger partial charge in [0.15, 0.2) is 0 Å². The molecule has 0 bridgehead atoms. The summed E-state index contributed by atoms with van der Waals surface area (Å²) < 4.78 is 11.0. The van der Waals surface area contributed by atoms with Crippen molar-refractivity contribution in [3.63, 3.8) is 0 Å². The van der Waals surface area contributed by atoms with Crippen LogP contribution in [0.3, 0.4) is 0 Å². The molecule has 0 unspecified atom stereocenters. The van der Waals surface area contributed by atoms with Gasteiger partial charge >= 0.3 is 0 Å². The molecule has 0 aliphatic heterocycles. The van der Waals surface area contributed by atoms with Gasteiger partial charge in [-0.3, -0.25) is 0 Å². The summed E-state index contributed by atoms with van der Waals surface area (Å²) in [7, 11) is 1.66. The lowest BCUT2D eigenvalue weighted by Gasteiger charge is -2.05. The zero-order chi connectivity index (χ0) is 16.9. The Morgan fingerprint density at radius 1 is 0.958 bits per heavy atom. The second-order valence-corrected chi connectivity index (χ2v) is 6.19. The molecule has 0 fully saturated rings. The Labute approximate surface area is 151 Å². The number of methoxy groups -OCH3 is 1. The first kappa shape index (κ1) is 16.9. The Morgan fingerprint density at radius 2 is 1.75 bits per heavy atom. The number of ether oxygens (including phenoxy) is 1. The van der Waals surface area contributed by atoms with Crippen molar-refractivity contribution in [2.45, 2.75) is 13.1 Å². The molecule has 0 saturated carbocycles. The summed E-state index contributed by atoms with van der Waals surface area (Å²) in [5.74, 6) is 2.44. The lowest BCUT2D eigenvalue weighted by Crippen LogP contribution is -2.11. The van der Waals surface area contributed by atoms with E-state index in [-0.39, 0.29) is 0 Å². The molecule has 0 aliphatic rings. The van der Waals surface area contributed by atoms with E-state index in [0.717, 1.165) is 29.4 Å². The van der Waals surface area contributed by atoms with Crippen molar-refractivity contribution >= 4 is 23.2 Å². The fourth-order valence-corrected chi connectivity index (χ4v) is 2.88. The zero-order valence-electron chi connectivity index (χ0n) is 13.2. The van der Waals surface area contributed by atoms with Crippen LogP contribution in [0.5, 0.6) is 5.75 Å². The summed E-state index contributed by atoms with van der Waals surface area (Å²) >= 11 is 12.1. The van der Waals surface area contributed by atoms with E-state index in [2.05, 4.69) is 5.32 Å². The molecule has 0 spiro atoms. The summed E-state index contributed by atoms with van der Waals surface area (Å²) in [5.41, 5.74) is 2.02. The number of furan rings is 1. The van der Waals surface area contributed by atoms with Gasteiger partial charge in [0.1, 0.15) is 17.3 Å². The van der Waals surface area contributed by atoms with Crippen LogP contribution in [-0.4, -0.2) is 7.11 Å². The molecule has 0 radical (unpaired) electrons. The van der Waals surface area contributed by atoms with Gasteiger partial charge in [-0.15, -0.1) is 0 Å². The number of rotatable bonds is 6. The highest BCUT2D eigenvalue weighted by molar-refractivity contribution is 6.36. The van der Waals surface area contributed by atoms with E-state index in [4.69, 9.17) is 32.4 Å². The predicted molar refractivity (Wildman–Crippen MR) is 97.7 cm³/mol. The van der Waals surface area contributed by atoms with Crippen molar-refractivity contribution in [3.05, 3.63) is 76.0 Å². The molecule has 1 aromatic heterocycles. The standard InChI is InChI=1S/C19H17Cl2NO2/c1-23-15-5-2-13(3-6-15)11-22-12-16-7-9-19(24-16)17-8-4-14(20)10-18(17)21/h2-10,22H,11-12H2,1H3. The van der Waals surface area contributed by atoms with Gasteiger partial charge in [0, 0.05) is 17.1 Å². The summed E-state index contributed by atoms with van der Waals surface area (Å²) in [6, 6.07) is 17.2. The second-order valence-electron chi connectivity index (χ2n) is 5.34. The van der Waals surface area contributed by atoms with Gasteiger partial charge in [-0.1, -0.05) is 35.3 Å². The third kappa shape index (κ3) is 4.12. The minimum atomic E-state index is 0.578. The van der Waals surface area contributed by atoms with Gasteiger partial charge in [-0.05, 0) is 48.0 Å². The molecule has 0 amide bonds. The minimum absolute atomic E-state index is 0.578. The van der Waals surface area contributed by atoms with E-state index in [1.807, 2.05) is 42.5 Å². The third-order valence-electron chi connectivity index (χ3n) is 3.65. The van der Waals surface area contributed by atoms with Gasteiger partial charge < -0.3 is 14.5 Å². The first-order valence-corrected chi connectivity index (χ1v) is 8.29. The normalized spacial score (nSPS) is 10.8. The van der Waals surface area contributed by atoms with E-state index in [9.17, 15) is 0 Å². The average molecular weight is 362 g/mol. The monoisotopic (exact) mass is 361 g/mol. The van der Waals surface area contributed by atoms with Gasteiger partial charge in [0.25, 0.3) is 0 Å². The number of hydrogen-bond donors (Lipinski definition) is 1. The Kier molecular flexibility index (Phi) is 5.46. The van der Waals surface area contributed by atoms with Gasteiger partial charge in [0.2, 0.25) is 0 Å². The maximum Gasteiger partial charge on any atom is 0.135 e. The topological polar surface area (TPSA) is 34.4 Å². The highest BCUT2D eigenvalue weighted by Gasteiger charge is 2.09. The molecule has 1 N–H and O–H groups in total. The zero-order valence-corrected chi connectivity index (χ0v) is 14.7. The molecule has 0 saturated heterocycles. The van der Waals surface area contributed by atoms with Crippen LogP contribution in [0.1, 0.15) is 11.3 Å². The van der Waals surface area contributed by atoms with Crippen LogP contribution in [0.4, 0.5) is 0 Å². The van der Waals surface area contributed by atoms with E-state index < -0.39 is 0 Å². The van der Waals surface area contributed by atoms with Crippen molar-refractivity contribution in [2.75, 3.05) is 7.11 Å². The molecule has 0 atom stereocenters. The Hall–Kier alpha value is -1.94. The number of hydrogen-bond acceptors (Lipinski definition) is 3. The largest absolute Gasteiger partial charge is 0.497 e. The number of nitrogens with one attached hydrogen (secondary N) is 1. The van der Waals surface area contributed by atoms with Crippen LogP contribution < -0.4 is 10.1 Å². The first-order chi connectivity index (χ1) is 11.7. The van der Waals surface area contributed by atoms with E-state index in [1.54, 1.807) is 19.2 Å². The first-order valence-electron chi connectivity index (χ1n) is 7.53.